The molecular formula is C15H20N4O3. The minimum Gasteiger partial charge on any atom is -0.356 e. The fourth-order valence-corrected chi connectivity index (χ4v) is 2.26. The standard InChI is InChI=1S/C15H20N4O3/c1-16-8-4-9-17-13(20)7-10-19-12-6-3-2-5-11(12)14(21)18-15(19)22/h2-3,5-6,16H,4,7-10H2,1H3,(H,17,20)(H,18,21,22). The number of carbonyl (C=O) groups is 1. The van der Waals surface area contributed by atoms with Crippen LogP contribution in [0.1, 0.15) is 12.8 Å². The Labute approximate surface area is 127 Å². The highest BCUT2D eigenvalue weighted by atomic mass is 16.2. The van der Waals surface area contributed by atoms with Crippen molar-refractivity contribution in [3.8, 4) is 0 Å². The number of amides is 1. The van der Waals surface area contributed by atoms with Crippen molar-refractivity contribution in [2.24, 2.45) is 0 Å². The van der Waals surface area contributed by atoms with E-state index in [4.69, 9.17) is 0 Å². The molecule has 0 fully saturated rings. The van der Waals surface area contributed by atoms with Crippen LogP contribution in [0.2, 0.25) is 0 Å². The molecule has 1 aromatic carbocycles. The molecule has 0 saturated carbocycles. The zero-order valence-electron chi connectivity index (χ0n) is 12.5. The molecule has 0 aliphatic heterocycles. The Bertz CT molecular complexity index is 763. The summed E-state index contributed by atoms with van der Waals surface area (Å²) in [6.45, 7) is 1.67. The van der Waals surface area contributed by atoms with Crippen molar-refractivity contribution < 1.29 is 4.79 Å². The van der Waals surface area contributed by atoms with Gasteiger partial charge in [-0.25, -0.2) is 4.79 Å². The molecule has 0 bridgehead atoms. The van der Waals surface area contributed by atoms with Gasteiger partial charge in [-0.05, 0) is 32.1 Å². The first-order chi connectivity index (χ1) is 10.6. The highest BCUT2D eigenvalue weighted by Crippen LogP contribution is 2.06. The van der Waals surface area contributed by atoms with E-state index in [9.17, 15) is 14.4 Å². The molecule has 0 aliphatic carbocycles. The molecule has 0 aliphatic rings. The van der Waals surface area contributed by atoms with Gasteiger partial charge in [0.05, 0.1) is 10.9 Å². The fourth-order valence-electron chi connectivity index (χ4n) is 2.26. The van der Waals surface area contributed by atoms with E-state index in [0.29, 0.717) is 17.4 Å². The SMILES string of the molecule is CNCCCNC(=O)CCn1c(=O)[nH]c(=O)c2ccccc21. The third-order valence-electron chi connectivity index (χ3n) is 3.39. The van der Waals surface area contributed by atoms with Crippen molar-refractivity contribution in [2.45, 2.75) is 19.4 Å². The summed E-state index contributed by atoms with van der Waals surface area (Å²) in [6, 6.07) is 6.86. The number of hydrogen-bond donors (Lipinski definition) is 3. The van der Waals surface area contributed by atoms with Crippen molar-refractivity contribution in [1.82, 2.24) is 20.2 Å². The lowest BCUT2D eigenvalue weighted by atomic mass is 10.2. The van der Waals surface area contributed by atoms with Crippen molar-refractivity contribution in [3.63, 3.8) is 0 Å². The molecule has 118 valence electrons. The maximum atomic E-state index is 11.9. The first-order valence-corrected chi connectivity index (χ1v) is 7.26. The van der Waals surface area contributed by atoms with Crippen LogP contribution in [0.3, 0.4) is 0 Å². The van der Waals surface area contributed by atoms with Gasteiger partial charge in [-0.2, -0.15) is 0 Å². The Morgan fingerprint density at radius 2 is 2.00 bits per heavy atom. The highest BCUT2D eigenvalue weighted by molar-refractivity contribution is 5.78. The van der Waals surface area contributed by atoms with E-state index in [-0.39, 0.29) is 18.9 Å². The predicted molar refractivity (Wildman–Crippen MR) is 85.0 cm³/mol. The van der Waals surface area contributed by atoms with Crippen LogP contribution in [0.15, 0.2) is 33.9 Å². The first-order valence-electron chi connectivity index (χ1n) is 7.26. The maximum Gasteiger partial charge on any atom is 0.328 e. The second-order valence-electron chi connectivity index (χ2n) is 4.99. The van der Waals surface area contributed by atoms with Gasteiger partial charge in [0.25, 0.3) is 5.56 Å². The highest BCUT2D eigenvalue weighted by Gasteiger charge is 2.08. The minimum atomic E-state index is -0.494. The number of nitrogens with one attached hydrogen (secondary N) is 3. The Morgan fingerprint density at radius 1 is 1.23 bits per heavy atom. The molecule has 0 radical (unpaired) electrons. The second kappa shape index (κ2) is 7.56. The molecule has 0 saturated heterocycles. The van der Waals surface area contributed by atoms with E-state index >= 15 is 0 Å². The molecule has 0 spiro atoms. The summed E-state index contributed by atoms with van der Waals surface area (Å²) in [7, 11) is 1.86. The summed E-state index contributed by atoms with van der Waals surface area (Å²) in [6.07, 6.45) is 1.04. The van der Waals surface area contributed by atoms with Gasteiger partial charge in [-0.1, -0.05) is 12.1 Å². The number of carbonyl (C=O) groups excluding carboxylic acids is 1. The second-order valence-corrected chi connectivity index (χ2v) is 4.99. The molecule has 0 atom stereocenters. The zero-order chi connectivity index (χ0) is 15.9. The molecule has 3 N–H and O–H groups in total. The predicted octanol–water partition coefficient (Wildman–Crippen LogP) is -0.194. The zero-order valence-corrected chi connectivity index (χ0v) is 12.5. The van der Waals surface area contributed by atoms with Crippen molar-refractivity contribution in [2.75, 3.05) is 20.1 Å². The summed E-state index contributed by atoms with van der Waals surface area (Å²) < 4.78 is 1.42. The van der Waals surface area contributed by atoms with E-state index in [0.717, 1.165) is 13.0 Å². The number of aromatic amines is 1. The monoisotopic (exact) mass is 304 g/mol. The number of benzene rings is 1. The van der Waals surface area contributed by atoms with Gasteiger partial charge in [0.1, 0.15) is 0 Å². The van der Waals surface area contributed by atoms with Crippen LogP contribution in [0.5, 0.6) is 0 Å². The van der Waals surface area contributed by atoms with Gasteiger partial charge >= 0.3 is 5.69 Å². The smallest absolute Gasteiger partial charge is 0.328 e. The summed E-state index contributed by atoms with van der Waals surface area (Å²) in [5.74, 6) is -0.113. The average molecular weight is 304 g/mol. The van der Waals surface area contributed by atoms with Crippen LogP contribution < -0.4 is 21.9 Å². The molecule has 22 heavy (non-hydrogen) atoms. The number of nitrogens with zero attached hydrogens (tertiary/aromatic N) is 1. The fraction of sp³-hybridized carbons (Fsp3) is 0.400. The largest absolute Gasteiger partial charge is 0.356 e. The number of fused-ring (bicyclic) bond motifs is 1. The van der Waals surface area contributed by atoms with Crippen LogP contribution in [0.4, 0.5) is 0 Å². The number of aryl methyl sites for hydroxylation is 1. The van der Waals surface area contributed by atoms with Gasteiger partial charge < -0.3 is 10.6 Å². The quantitative estimate of drug-likeness (QED) is 0.618. The minimum absolute atomic E-state index is 0.113. The lowest BCUT2D eigenvalue weighted by molar-refractivity contribution is -0.121. The molecule has 1 amide bonds. The molecule has 7 nitrogen and oxygen atoms in total. The summed E-state index contributed by atoms with van der Waals surface area (Å²) in [5, 5.41) is 6.24. The molecule has 0 unspecified atom stereocenters. The number of H-pyrrole nitrogens is 1. The normalized spacial score (nSPS) is 10.8. The van der Waals surface area contributed by atoms with Crippen LogP contribution in [-0.4, -0.2) is 35.6 Å². The van der Waals surface area contributed by atoms with E-state index < -0.39 is 11.2 Å². The van der Waals surface area contributed by atoms with Crippen LogP contribution in [0, 0.1) is 0 Å². The molecule has 2 rings (SSSR count). The van der Waals surface area contributed by atoms with Crippen molar-refractivity contribution in [3.05, 3.63) is 45.1 Å². The van der Waals surface area contributed by atoms with Crippen LogP contribution in [0.25, 0.3) is 10.9 Å². The molecule has 2 aromatic rings. The van der Waals surface area contributed by atoms with E-state index in [1.807, 2.05) is 7.05 Å². The van der Waals surface area contributed by atoms with E-state index in [1.54, 1.807) is 24.3 Å². The Kier molecular flexibility index (Phi) is 5.48. The topological polar surface area (TPSA) is 96.0 Å². The number of rotatable bonds is 7. The average Bonchev–Trinajstić information content (AvgIpc) is 2.51. The van der Waals surface area contributed by atoms with Gasteiger partial charge in [0.2, 0.25) is 5.91 Å². The summed E-state index contributed by atoms with van der Waals surface area (Å²) in [5.41, 5.74) is -0.362. The summed E-state index contributed by atoms with van der Waals surface area (Å²) >= 11 is 0. The number of para-hydroxylation sites is 1. The molecular weight excluding hydrogens is 284 g/mol. The van der Waals surface area contributed by atoms with Gasteiger partial charge in [0, 0.05) is 19.5 Å². The Balaban J connectivity index is 2.07. The number of aromatic nitrogens is 2. The summed E-state index contributed by atoms with van der Waals surface area (Å²) in [4.78, 5) is 37.7. The van der Waals surface area contributed by atoms with E-state index in [2.05, 4.69) is 15.6 Å². The molecule has 1 aromatic heterocycles. The number of hydrogen-bond acceptors (Lipinski definition) is 4. The first kappa shape index (κ1) is 16.0. The van der Waals surface area contributed by atoms with Crippen LogP contribution in [-0.2, 0) is 11.3 Å². The lowest BCUT2D eigenvalue weighted by Gasteiger charge is -2.09. The van der Waals surface area contributed by atoms with Gasteiger partial charge in [-0.3, -0.25) is 19.1 Å². The molecule has 1 heterocycles. The third kappa shape index (κ3) is 3.82. The Morgan fingerprint density at radius 3 is 2.77 bits per heavy atom. The Hall–Kier alpha value is -2.41. The lowest BCUT2D eigenvalue weighted by Crippen LogP contribution is -2.33. The van der Waals surface area contributed by atoms with E-state index in [1.165, 1.54) is 4.57 Å². The van der Waals surface area contributed by atoms with Crippen molar-refractivity contribution in [1.29, 1.82) is 0 Å². The third-order valence-corrected chi connectivity index (χ3v) is 3.39. The maximum absolute atomic E-state index is 11.9. The van der Waals surface area contributed by atoms with Gasteiger partial charge in [0.15, 0.2) is 0 Å². The van der Waals surface area contributed by atoms with Crippen molar-refractivity contribution >= 4 is 16.8 Å². The molecule has 7 heteroatoms. The van der Waals surface area contributed by atoms with Gasteiger partial charge in [-0.15, -0.1) is 0 Å². The van der Waals surface area contributed by atoms with Crippen LogP contribution >= 0.6 is 0 Å².